The lowest BCUT2D eigenvalue weighted by molar-refractivity contribution is 0.941. The van der Waals surface area contributed by atoms with Crippen LogP contribution in [-0.4, -0.2) is 14.1 Å². The normalized spacial score (nSPS) is 12.9. The highest BCUT2D eigenvalue weighted by molar-refractivity contribution is 6.09. The molecule has 0 amide bonds. The molecule has 3 aromatic carbocycles. The fraction of sp³-hybridized carbons (Fsp3) is 0.0968. The van der Waals surface area contributed by atoms with Gasteiger partial charge in [-0.25, -0.2) is 4.98 Å². The second-order valence-electron chi connectivity index (χ2n) is 9.21. The molecule has 166 valence electrons. The zero-order valence-electron chi connectivity index (χ0n) is 19.4. The van der Waals surface area contributed by atoms with E-state index in [0.29, 0.717) is 5.56 Å². The largest absolute Gasteiger partial charge is 0.294 e. The quantitative estimate of drug-likeness (QED) is 0.279. The van der Waals surface area contributed by atoms with E-state index in [4.69, 9.17) is 4.98 Å². The van der Waals surface area contributed by atoms with E-state index in [9.17, 15) is 5.26 Å². The minimum absolute atomic E-state index is 0.664. The van der Waals surface area contributed by atoms with E-state index < -0.39 is 0 Å². The molecule has 0 unspecified atom stereocenters. The molecule has 4 nitrogen and oxygen atoms in total. The number of para-hydroxylation sites is 1. The Kier molecular flexibility index (Phi) is 4.21. The number of aryl methyl sites for hydroxylation is 2. The third-order valence-corrected chi connectivity index (χ3v) is 7.08. The third kappa shape index (κ3) is 2.88. The molecular formula is C31H22N4. The molecule has 0 saturated carbocycles. The first-order chi connectivity index (χ1) is 17.2. The highest BCUT2D eigenvalue weighted by atomic mass is 15.1. The van der Waals surface area contributed by atoms with Crippen molar-refractivity contribution in [1.82, 2.24) is 14.1 Å². The van der Waals surface area contributed by atoms with Gasteiger partial charge in [-0.3, -0.25) is 9.13 Å². The van der Waals surface area contributed by atoms with Crippen LogP contribution in [0.4, 0.5) is 0 Å². The fourth-order valence-corrected chi connectivity index (χ4v) is 5.55. The Morgan fingerprint density at radius 3 is 2.37 bits per heavy atom. The summed E-state index contributed by atoms with van der Waals surface area (Å²) in [6, 6.07) is 29.5. The zero-order valence-corrected chi connectivity index (χ0v) is 19.4. The van der Waals surface area contributed by atoms with Crippen molar-refractivity contribution in [2.75, 3.05) is 0 Å². The SMILES string of the molecule is Cc1ccc2c(c1)c1cc(C#N)ccc1n2-c1cccc(-n2c3c(c4ccccc42)CCC=C3)n1. The third-order valence-electron chi connectivity index (χ3n) is 7.08. The lowest BCUT2D eigenvalue weighted by atomic mass is 10.0. The monoisotopic (exact) mass is 450 g/mol. The molecule has 0 radical (unpaired) electrons. The Labute approximate surface area is 203 Å². The lowest BCUT2D eigenvalue weighted by Gasteiger charge is -2.13. The summed E-state index contributed by atoms with van der Waals surface area (Å²) in [6.07, 6.45) is 6.61. The van der Waals surface area contributed by atoms with Crippen molar-refractivity contribution >= 4 is 38.8 Å². The van der Waals surface area contributed by atoms with Crippen LogP contribution in [0.3, 0.4) is 0 Å². The van der Waals surface area contributed by atoms with Crippen molar-refractivity contribution in [1.29, 1.82) is 5.26 Å². The van der Waals surface area contributed by atoms with Crippen molar-refractivity contribution in [2.24, 2.45) is 0 Å². The van der Waals surface area contributed by atoms with Gasteiger partial charge in [-0.05, 0) is 79.9 Å². The second kappa shape index (κ2) is 7.44. The number of pyridine rings is 1. The summed E-state index contributed by atoms with van der Waals surface area (Å²) in [5, 5.41) is 13.0. The molecule has 1 aliphatic rings. The molecule has 0 N–H and O–H groups in total. The van der Waals surface area contributed by atoms with Crippen molar-refractivity contribution in [3.63, 3.8) is 0 Å². The summed E-state index contributed by atoms with van der Waals surface area (Å²) in [5.41, 5.74) is 7.79. The fourth-order valence-electron chi connectivity index (χ4n) is 5.55. The number of benzene rings is 3. The molecule has 0 atom stereocenters. The highest BCUT2D eigenvalue weighted by Crippen LogP contribution is 2.35. The van der Waals surface area contributed by atoms with Crippen LogP contribution < -0.4 is 0 Å². The maximum absolute atomic E-state index is 9.50. The average molecular weight is 451 g/mol. The highest BCUT2D eigenvalue weighted by Gasteiger charge is 2.20. The van der Waals surface area contributed by atoms with Crippen LogP contribution in [0.1, 0.15) is 28.8 Å². The summed E-state index contributed by atoms with van der Waals surface area (Å²) >= 11 is 0. The number of nitriles is 1. The molecular weight excluding hydrogens is 428 g/mol. The second-order valence-corrected chi connectivity index (χ2v) is 9.21. The van der Waals surface area contributed by atoms with Gasteiger partial charge < -0.3 is 0 Å². The van der Waals surface area contributed by atoms with E-state index in [2.05, 4.69) is 94.9 Å². The molecule has 0 bridgehead atoms. The number of aromatic nitrogens is 3. The first-order valence-electron chi connectivity index (χ1n) is 11.9. The van der Waals surface area contributed by atoms with E-state index >= 15 is 0 Å². The van der Waals surface area contributed by atoms with Gasteiger partial charge in [-0.15, -0.1) is 0 Å². The molecule has 0 saturated heterocycles. The minimum Gasteiger partial charge on any atom is -0.294 e. The van der Waals surface area contributed by atoms with Gasteiger partial charge in [-0.2, -0.15) is 5.26 Å². The molecule has 1 aliphatic carbocycles. The summed E-state index contributed by atoms with van der Waals surface area (Å²) in [7, 11) is 0. The van der Waals surface area contributed by atoms with Crippen LogP contribution in [-0.2, 0) is 6.42 Å². The lowest BCUT2D eigenvalue weighted by Crippen LogP contribution is -2.05. The Morgan fingerprint density at radius 2 is 1.51 bits per heavy atom. The van der Waals surface area contributed by atoms with Crippen molar-refractivity contribution in [3.05, 3.63) is 107 Å². The summed E-state index contributed by atoms with van der Waals surface area (Å²) in [4.78, 5) is 5.21. The predicted octanol–water partition coefficient (Wildman–Crippen LogP) is 7.26. The number of hydrogen-bond acceptors (Lipinski definition) is 2. The molecule has 3 aromatic heterocycles. The molecule has 7 rings (SSSR count). The van der Waals surface area contributed by atoms with E-state index in [0.717, 1.165) is 46.3 Å². The average Bonchev–Trinajstić information content (AvgIpc) is 3.41. The Morgan fingerprint density at radius 1 is 0.771 bits per heavy atom. The minimum atomic E-state index is 0.664. The van der Waals surface area contributed by atoms with E-state index in [-0.39, 0.29) is 0 Å². The van der Waals surface area contributed by atoms with E-state index in [1.165, 1.54) is 27.7 Å². The van der Waals surface area contributed by atoms with E-state index in [1.54, 1.807) is 0 Å². The molecule has 35 heavy (non-hydrogen) atoms. The van der Waals surface area contributed by atoms with Gasteiger partial charge in [0.1, 0.15) is 11.6 Å². The zero-order chi connectivity index (χ0) is 23.5. The molecule has 0 spiro atoms. The molecule has 6 aromatic rings. The van der Waals surface area contributed by atoms with Crippen LogP contribution >= 0.6 is 0 Å². The van der Waals surface area contributed by atoms with Crippen molar-refractivity contribution in [2.45, 2.75) is 19.8 Å². The molecule has 0 aliphatic heterocycles. The molecule has 0 fully saturated rings. The van der Waals surface area contributed by atoms with E-state index in [1.807, 2.05) is 18.2 Å². The Hall–Kier alpha value is -4.62. The van der Waals surface area contributed by atoms with Crippen LogP contribution in [0.5, 0.6) is 0 Å². The van der Waals surface area contributed by atoms with Gasteiger partial charge in [-0.1, -0.05) is 42.0 Å². The number of nitrogens with zero attached hydrogens (tertiary/aromatic N) is 4. The molecule has 3 heterocycles. The van der Waals surface area contributed by atoms with Gasteiger partial charge in [0.05, 0.1) is 33.9 Å². The van der Waals surface area contributed by atoms with Crippen LogP contribution in [0, 0.1) is 18.3 Å². The Bertz CT molecular complexity index is 1870. The summed E-state index contributed by atoms with van der Waals surface area (Å²) < 4.78 is 4.50. The van der Waals surface area contributed by atoms with Gasteiger partial charge in [0, 0.05) is 16.2 Å². The van der Waals surface area contributed by atoms with Gasteiger partial charge in [0.15, 0.2) is 0 Å². The first-order valence-corrected chi connectivity index (χ1v) is 11.9. The number of allylic oxidation sites excluding steroid dienone is 1. The maximum Gasteiger partial charge on any atom is 0.140 e. The predicted molar refractivity (Wildman–Crippen MR) is 142 cm³/mol. The maximum atomic E-state index is 9.50. The number of hydrogen-bond donors (Lipinski definition) is 0. The van der Waals surface area contributed by atoms with Crippen molar-refractivity contribution < 1.29 is 0 Å². The van der Waals surface area contributed by atoms with Gasteiger partial charge >= 0.3 is 0 Å². The van der Waals surface area contributed by atoms with Gasteiger partial charge in [0.25, 0.3) is 0 Å². The topological polar surface area (TPSA) is 46.5 Å². The number of fused-ring (bicyclic) bond motifs is 6. The first kappa shape index (κ1) is 19.8. The van der Waals surface area contributed by atoms with Crippen molar-refractivity contribution in [3.8, 4) is 17.7 Å². The molecule has 4 heteroatoms. The van der Waals surface area contributed by atoms with Crippen LogP contribution in [0.2, 0.25) is 0 Å². The number of rotatable bonds is 2. The summed E-state index contributed by atoms with van der Waals surface area (Å²) in [6.45, 7) is 2.10. The van der Waals surface area contributed by atoms with Crippen LogP contribution in [0.15, 0.2) is 84.9 Å². The standard InChI is InChI=1S/C31H22N4/c1-20-13-15-28-24(17-20)25-18-21(19-32)14-16-29(25)35(28)31-12-6-11-30(33-31)34-26-9-4-2-7-22(26)23-8-3-5-10-27(23)34/h2,4-7,9-18H,3,8H2,1H3. The summed E-state index contributed by atoms with van der Waals surface area (Å²) in [5.74, 6) is 1.77. The smallest absolute Gasteiger partial charge is 0.140 e. The Balaban J connectivity index is 1.52. The van der Waals surface area contributed by atoms with Crippen LogP contribution in [0.25, 0.3) is 50.4 Å². The van der Waals surface area contributed by atoms with Gasteiger partial charge in [0.2, 0.25) is 0 Å².